The second-order valence-corrected chi connectivity index (χ2v) is 24.6. The minimum atomic E-state index is -3.77. The molecule has 3 aliphatic rings. The molecule has 5 atom stereocenters. The van der Waals surface area contributed by atoms with Gasteiger partial charge in [-0.2, -0.15) is 9.97 Å². The standard InChI is InChI=1S/C64H85N8O13P/c1-5-6-7-8-9-10-11-12-13-14-15-16-17-18-19-26-37-80-54-39-49(38-47(2)48(54)3)44-81-59(73)31-32-60(74)82-45-53-42-70(43-58(85-53)72-36-34-56(69-64(72)78)67-62(76)51-29-24-21-25-30-51)86(4,79)83-46-52-40-65-41-57(84-52)71-35-33-55(68-63(71)77)66-61(75)50-27-22-20-23-28-50/h21-25,27-30,33-36,38-39,52-53,57-58,65H,5-19,26,31-32,37,40-46H2,1-4H3,(H-,66,67,68,69,75,76,77,78)/p+1/t52-,53-,57+,58+,86?/m0/s1. The van der Waals surface area contributed by atoms with Crippen molar-refractivity contribution in [2.24, 2.45) is 0 Å². The summed E-state index contributed by atoms with van der Waals surface area (Å²) in [6, 6.07) is 15.2. The van der Waals surface area contributed by atoms with Crippen molar-refractivity contribution in [2.75, 3.05) is 63.3 Å². The van der Waals surface area contributed by atoms with E-state index >= 15 is 0 Å². The highest BCUT2D eigenvalue weighted by Gasteiger charge is 2.39. The van der Waals surface area contributed by atoms with Gasteiger partial charge in [-0.3, -0.25) is 32.9 Å². The topological polar surface area (TPSA) is 250 Å². The number of morpholine rings is 2. The minimum Gasteiger partial charge on any atom is -0.493 e. The average molecular weight is 1210 g/mol. The van der Waals surface area contributed by atoms with Gasteiger partial charge in [0, 0.05) is 50.3 Å². The van der Waals surface area contributed by atoms with Crippen molar-refractivity contribution in [3.63, 3.8) is 0 Å². The van der Waals surface area contributed by atoms with Gasteiger partial charge in [0.2, 0.25) is 0 Å². The zero-order valence-corrected chi connectivity index (χ0v) is 51.2. The summed E-state index contributed by atoms with van der Waals surface area (Å²) in [5, 5.41) is 8.44. The van der Waals surface area contributed by atoms with Crippen LogP contribution in [-0.4, -0.2) is 112 Å². The molecule has 0 saturated carbocycles. The molecule has 2 saturated heterocycles. The van der Waals surface area contributed by atoms with Crippen molar-refractivity contribution in [3.8, 4) is 5.75 Å². The van der Waals surface area contributed by atoms with Gasteiger partial charge >= 0.3 is 23.3 Å². The Kier molecular flexibility index (Phi) is 27.1. The van der Waals surface area contributed by atoms with E-state index in [1.54, 1.807) is 54.6 Å². The van der Waals surface area contributed by atoms with E-state index in [4.69, 9.17) is 28.2 Å². The lowest BCUT2D eigenvalue weighted by molar-refractivity contribution is -0.161. The number of hydrogen-bond donors (Lipinski definition) is 3. The number of anilines is 2. The molecule has 7 rings (SSSR count). The molecule has 2 aliphatic heterocycles. The lowest BCUT2D eigenvalue weighted by atomic mass is 10.0. The Balaban J connectivity index is 0.871. The number of hydrogen-bond acceptors (Lipinski definition) is 16. The number of nitrogens with zero attached hydrogens (tertiary/aromatic N) is 5. The number of carbonyl (C=O) groups is 4. The second-order valence-electron chi connectivity index (χ2n) is 22.2. The predicted molar refractivity (Wildman–Crippen MR) is 328 cm³/mol. The first-order valence-corrected chi connectivity index (χ1v) is 32.5. The fraction of sp³-hybridized carbons (Fsp3) is 0.531. The SMILES string of the molecule is CCCCCCCCCCCCCCCCCCOc1cc(COC(=O)CCC(=O)OC[C@@H]2CN(P(C)(=O)OC[C@@H]3CNC[C@H](n4ccc(NC(=O)C5=CC=[C+]C=C5)nc4=O)O3)C[C@H](n3ccc(NC(=O)c4ccccc4)nc3=O)O2)cc(C)c1C. The monoisotopic (exact) mass is 1210 g/mol. The lowest BCUT2D eigenvalue weighted by Crippen LogP contribution is -2.49. The van der Waals surface area contributed by atoms with Crippen LogP contribution >= 0.6 is 7.52 Å². The van der Waals surface area contributed by atoms with Crippen molar-refractivity contribution in [3.05, 3.63) is 146 Å². The summed E-state index contributed by atoms with van der Waals surface area (Å²) in [7, 11) is -3.77. The molecule has 2 fully saturated rings. The maximum Gasteiger partial charge on any atom is 0.351 e. The molecule has 1 aliphatic carbocycles. The Morgan fingerprint density at radius 3 is 1.92 bits per heavy atom. The van der Waals surface area contributed by atoms with Crippen LogP contribution in [-0.2, 0) is 49.0 Å². The van der Waals surface area contributed by atoms with Gasteiger partial charge in [0.05, 0.1) is 50.9 Å². The molecule has 464 valence electrons. The molecule has 21 nitrogen and oxygen atoms in total. The molecule has 4 aromatic rings. The molecule has 22 heteroatoms. The van der Waals surface area contributed by atoms with E-state index in [0.717, 1.165) is 35.3 Å². The number of rotatable bonds is 35. The Morgan fingerprint density at radius 1 is 0.709 bits per heavy atom. The van der Waals surface area contributed by atoms with Crippen LogP contribution in [0.1, 0.15) is 162 Å². The number of aryl methyl sites for hydroxylation is 1. The van der Waals surface area contributed by atoms with E-state index in [1.807, 2.05) is 26.0 Å². The van der Waals surface area contributed by atoms with Gasteiger partial charge in [0.15, 0.2) is 18.0 Å². The molecule has 0 radical (unpaired) electrons. The van der Waals surface area contributed by atoms with Crippen molar-refractivity contribution in [2.45, 2.75) is 168 Å². The lowest BCUT2D eigenvalue weighted by Gasteiger charge is -2.40. The number of benzene rings is 2. The molecule has 2 amide bonds. The van der Waals surface area contributed by atoms with E-state index < -0.39 is 67.3 Å². The zero-order valence-electron chi connectivity index (χ0n) is 50.3. The van der Waals surface area contributed by atoms with Crippen LogP contribution in [0, 0.1) is 19.9 Å². The van der Waals surface area contributed by atoms with Crippen molar-refractivity contribution >= 4 is 42.9 Å². The largest absolute Gasteiger partial charge is 0.493 e. The van der Waals surface area contributed by atoms with Gasteiger partial charge < -0.3 is 44.2 Å². The highest BCUT2D eigenvalue weighted by Crippen LogP contribution is 2.49. The van der Waals surface area contributed by atoms with E-state index in [0.29, 0.717) is 17.7 Å². The molecule has 3 N–H and O–H groups in total. The van der Waals surface area contributed by atoms with Gasteiger partial charge in [-0.05, 0) is 67.3 Å². The molecule has 2 aromatic carbocycles. The smallest absolute Gasteiger partial charge is 0.351 e. The van der Waals surface area contributed by atoms with Gasteiger partial charge in [-0.25, -0.2) is 14.3 Å². The van der Waals surface area contributed by atoms with Crippen LogP contribution in [0.5, 0.6) is 5.75 Å². The number of amides is 2. The number of unbranched alkanes of at least 4 members (excludes halogenated alkanes) is 15. The quantitative estimate of drug-likeness (QED) is 0.0168. The van der Waals surface area contributed by atoms with Gasteiger partial charge in [0.1, 0.15) is 48.9 Å². The summed E-state index contributed by atoms with van der Waals surface area (Å²) in [6.45, 7) is 8.09. The molecule has 0 bridgehead atoms. The molecule has 1 unspecified atom stereocenters. The second kappa shape index (κ2) is 35.0. The van der Waals surface area contributed by atoms with Crippen LogP contribution in [0.2, 0.25) is 0 Å². The molecular formula is C64H86N8O13P+. The van der Waals surface area contributed by atoms with Crippen LogP contribution in [0.15, 0.2) is 106 Å². The van der Waals surface area contributed by atoms with Crippen LogP contribution < -0.4 is 32.1 Å². The maximum atomic E-state index is 14.6. The number of ether oxygens (including phenoxy) is 5. The van der Waals surface area contributed by atoms with Crippen molar-refractivity contribution in [1.29, 1.82) is 0 Å². The Hall–Kier alpha value is -6.96. The zero-order chi connectivity index (χ0) is 61.1. The number of esters is 2. The van der Waals surface area contributed by atoms with Crippen LogP contribution in [0.3, 0.4) is 0 Å². The highest BCUT2D eigenvalue weighted by molar-refractivity contribution is 7.55. The van der Waals surface area contributed by atoms with Crippen LogP contribution in [0.25, 0.3) is 0 Å². The Labute approximate surface area is 504 Å². The fourth-order valence-corrected chi connectivity index (χ4v) is 11.7. The fourth-order valence-electron chi connectivity index (χ4n) is 10.2. The summed E-state index contributed by atoms with van der Waals surface area (Å²) in [5.74, 6) is -1.41. The molecule has 2 aromatic heterocycles. The van der Waals surface area contributed by atoms with Gasteiger partial charge in [-0.15, -0.1) is 0 Å². The van der Waals surface area contributed by atoms with E-state index in [-0.39, 0.29) is 70.5 Å². The Morgan fingerprint density at radius 2 is 1.30 bits per heavy atom. The number of nitrogens with one attached hydrogen (secondary N) is 3. The average Bonchev–Trinajstić information content (AvgIpc) is 2.16. The first-order valence-electron chi connectivity index (χ1n) is 30.5. The third-order valence-corrected chi connectivity index (χ3v) is 17.2. The third-order valence-electron chi connectivity index (χ3n) is 15.3. The summed E-state index contributed by atoms with van der Waals surface area (Å²) in [6.07, 6.45) is 28.7. The van der Waals surface area contributed by atoms with E-state index in [9.17, 15) is 33.3 Å². The molecule has 86 heavy (non-hydrogen) atoms. The number of allylic oxidation sites excluding steroid dienone is 4. The van der Waals surface area contributed by atoms with E-state index in [1.165, 1.54) is 135 Å². The minimum absolute atomic E-state index is 0.00223. The summed E-state index contributed by atoms with van der Waals surface area (Å²) >= 11 is 0. The maximum absolute atomic E-state index is 14.6. The predicted octanol–water partition coefficient (Wildman–Crippen LogP) is 10.4. The number of carbonyl (C=O) groups excluding carboxylic acids is 4. The molecule has 0 spiro atoms. The summed E-state index contributed by atoms with van der Waals surface area (Å²) in [5.41, 5.74) is 2.08. The Bertz CT molecular complexity index is 3130. The summed E-state index contributed by atoms with van der Waals surface area (Å²) in [4.78, 5) is 86.5. The highest BCUT2D eigenvalue weighted by atomic mass is 31.2. The number of aromatic nitrogens is 4. The van der Waals surface area contributed by atoms with Crippen LogP contribution in [0.4, 0.5) is 11.6 Å². The molecular weight excluding hydrogens is 1120 g/mol. The summed E-state index contributed by atoms with van der Waals surface area (Å²) < 4.78 is 54.6. The van der Waals surface area contributed by atoms with Gasteiger partial charge in [0.25, 0.3) is 19.3 Å². The van der Waals surface area contributed by atoms with Gasteiger partial charge in [-0.1, -0.05) is 128 Å². The normalized spacial score (nSPS) is 18.3. The van der Waals surface area contributed by atoms with Crippen molar-refractivity contribution < 1.29 is 52.0 Å². The first-order chi connectivity index (χ1) is 41.6. The van der Waals surface area contributed by atoms with Crippen molar-refractivity contribution in [1.82, 2.24) is 29.1 Å². The van der Waals surface area contributed by atoms with E-state index in [2.05, 4.69) is 38.9 Å². The first kappa shape index (κ1) is 66.6. The molecule has 4 heterocycles. The third kappa shape index (κ3) is 21.8.